The van der Waals surface area contributed by atoms with Gasteiger partial charge in [0.1, 0.15) is 17.0 Å². The van der Waals surface area contributed by atoms with E-state index >= 15 is 0 Å². The van der Waals surface area contributed by atoms with Crippen molar-refractivity contribution < 1.29 is 5.11 Å². The van der Waals surface area contributed by atoms with Crippen LogP contribution in [0.5, 0.6) is 0 Å². The zero-order chi connectivity index (χ0) is 17.1. The van der Waals surface area contributed by atoms with Gasteiger partial charge in [0.25, 0.3) is 0 Å². The lowest BCUT2D eigenvalue weighted by Gasteiger charge is -2.33. The topological polar surface area (TPSA) is 61.3 Å². The summed E-state index contributed by atoms with van der Waals surface area (Å²) in [5.74, 6) is 1.36. The molecule has 130 valence electrons. The number of thiophene rings is 1. The monoisotopic (exact) mass is 354 g/mol. The molecule has 1 aliphatic rings. The van der Waals surface area contributed by atoms with E-state index in [-0.39, 0.29) is 0 Å². The van der Waals surface area contributed by atoms with Gasteiger partial charge in [-0.3, -0.25) is 0 Å². The van der Waals surface area contributed by atoms with Crippen LogP contribution >= 0.6 is 11.3 Å². The molecule has 0 unspecified atom stereocenters. The smallest absolute Gasteiger partial charge is 0.138 e. The number of aliphatic hydroxyl groups is 1. The second-order valence-electron chi connectivity index (χ2n) is 6.49. The van der Waals surface area contributed by atoms with Crippen LogP contribution in [0.2, 0.25) is 0 Å². The van der Waals surface area contributed by atoms with E-state index in [0.717, 1.165) is 48.5 Å². The Kier molecular flexibility index (Phi) is 4.81. The van der Waals surface area contributed by atoms with E-state index in [9.17, 15) is 5.11 Å². The lowest BCUT2D eigenvalue weighted by atomic mass is 9.97. The largest absolute Gasteiger partial charge is 0.396 e. The van der Waals surface area contributed by atoms with E-state index in [2.05, 4.69) is 50.5 Å². The molecule has 0 amide bonds. The van der Waals surface area contributed by atoms with E-state index in [1.807, 2.05) is 5.38 Å². The summed E-state index contributed by atoms with van der Waals surface area (Å²) in [6, 6.07) is 10.8. The molecule has 3 aromatic rings. The van der Waals surface area contributed by atoms with Crippen LogP contribution in [-0.2, 0) is 6.54 Å². The van der Waals surface area contributed by atoms with Crippen molar-refractivity contribution >= 4 is 33.1 Å². The molecule has 0 atom stereocenters. The molecule has 0 aliphatic carbocycles. The summed E-state index contributed by atoms with van der Waals surface area (Å²) in [6.07, 6.45) is 3.76. The lowest BCUT2D eigenvalue weighted by molar-refractivity contribution is 0.203. The summed E-state index contributed by atoms with van der Waals surface area (Å²) >= 11 is 1.63. The molecule has 1 fully saturated rings. The van der Waals surface area contributed by atoms with Gasteiger partial charge in [-0.1, -0.05) is 12.1 Å². The molecule has 0 spiro atoms. The molecule has 6 heteroatoms. The fraction of sp³-hybridized carbons (Fsp3) is 0.368. The Morgan fingerprint density at radius 3 is 2.68 bits per heavy atom. The maximum absolute atomic E-state index is 9.26. The predicted octanol–water partition coefficient (Wildman–Crippen LogP) is 3.51. The molecule has 2 N–H and O–H groups in total. The first-order chi connectivity index (χ1) is 12.3. The van der Waals surface area contributed by atoms with Gasteiger partial charge in [0, 0.05) is 31.9 Å². The molecule has 5 nitrogen and oxygen atoms in total. The van der Waals surface area contributed by atoms with Crippen molar-refractivity contribution in [2.24, 2.45) is 5.92 Å². The minimum absolute atomic E-state index is 0.318. The average molecular weight is 354 g/mol. The van der Waals surface area contributed by atoms with Gasteiger partial charge >= 0.3 is 0 Å². The van der Waals surface area contributed by atoms with E-state index in [1.54, 1.807) is 17.7 Å². The third kappa shape index (κ3) is 3.60. The summed E-state index contributed by atoms with van der Waals surface area (Å²) < 4.78 is 0. The van der Waals surface area contributed by atoms with Crippen LogP contribution in [-0.4, -0.2) is 34.8 Å². The van der Waals surface area contributed by atoms with Gasteiger partial charge < -0.3 is 15.3 Å². The molecule has 0 saturated carbocycles. The number of aliphatic hydroxyl groups excluding tert-OH is 1. The fourth-order valence-corrected chi connectivity index (χ4v) is 4.05. The van der Waals surface area contributed by atoms with Crippen molar-refractivity contribution in [1.82, 2.24) is 9.97 Å². The molecular weight excluding hydrogens is 332 g/mol. The van der Waals surface area contributed by atoms with Crippen LogP contribution in [0.4, 0.5) is 11.5 Å². The SMILES string of the molecule is OCC1CCN(c2ccc(CNc3ncnc4sccc34)cc2)CC1. The number of piperidine rings is 1. The fourth-order valence-electron chi connectivity index (χ4n) is 3.32. The van der Waals surface area contributed by atoms with Crippen LogP contribution in [0.3, 0.4) is 0 Å². The Balaban J connectivity index is 1.38. The molecule has 0 bridgehead atoms. The van der Waals surface area contributed by atoms with E-state index in [4.69, 9.17) is 0 Å². The quantitative estimate of drug-likeness (QED) is 0.734. The molecular formula is C19H22N4OS. The molecule has 25 heavy (non-hydrogen) atoms. The van der Waals surface area contributed by atoms with Gasteiger partial charge in [0.15, 0.2) is 0 Å². The highest BCUT2D eigenvalue weighted by atomic mass is 32.1. The molecule has 0 radical (unpaired) electrons. The standard InChI is InChI=1S/C19H22N4OS/c24-12-15-5-8-23(9-6-15)16-3-1-14(2-4-16)11-20-18-17-7-10-25-19(17)22-13-21-18/h1-4,7,10,13,15,24H,5-6,8-9,11-12H2,(H,20,21,22). The molecule has 3 heterocycles. The summed E-state index contributed by atoms with van der Waals surface area (Å²) in [5.41, 5.74) is 2.50. The molecule has 1 saturated heterocycles. The van der Waals surface area contributed by atoms with Crippen LogP contribution in [0.1, 0.15) is 18.4 Å². The van der Waals surface area contributed by atoms with Crippen LogP contribution in [0, 0.1) is 5.92 Å². The maximum Gasteiger partial charge on any atom is 0.138 e. The van der Waals surface area contributed by atoms with E-state index in [1.165, 1.54) is 11.3 Å². The summed E-state index contributed by atoms with van der Waals surface area (Å²) in [4.78, 5) is 12.1. The molecule has 1 aromatic carbocycles. The number of aromatic nitrogens is 2. The van der Waals surface area contributed by atoms with E-state index in [0.29, 0.717) is 12.5 Å². The highest BCUT2D eigenvalue weighted by Crippen LogP contribution is 2.25. The molecule has 2 aromatic heterocycles. The van der Waals surface area contributed by atoms with Crippen LogP contribution in [0.15, 0.2) is 42.0 Å². The van der Waals surface area contributed by atoms with Gasteiger partial charge in [0.05, 0.1) is 5.39 Å². The van der Waals surface area contributed by atoms with Crippen LogP contribution < -0.4 is 10.2 Å². The van der Waals surface area contributed by atoms with Crippen molar-refractivity contribution in [3.8, 4) is 0 Å². The molecule has 1 aliphatic heterocycles. The summed E-state index contributed by atoms with van der Waals surface area (Å²) in [7, 11) is 0. The highest BCUT2D eigenvalue weighted by Gasteiger charge is 2.18. The molecule has 4 rings (SSSR count). The second-order valence-corrected chi connectivity index (χ2v) is 7.39. The Morgan fingerprint density at radius 1 is 1.12 bits per heavy atom. The Hall–Kier alpha value is -2.18. The van der Waals surface area contributed by atoms with Crippen molar-refractivity contribution in [3.63, 3.8) is 0 Å². The van der Waals surface area contributed by atoms with Crippen LogP contribution in [0.25, 0.3) is 10.2 Å². The number of anilines is 2. The predicted molar refractivity (Wildman–Crippen MR) is 103 cm³/mol. The van der Waals surface area contributed by atoms with Crippen molar-refractivity contribution in [3.05, 3.63) is 47.6 Å². The van der Waals surface area contributed by atoms with Gasteiger partial charge in [-0.25, -0.2) is 9.97 Å². The first kappa shape index (κ1) is 16.3. The number of nitrogens with one attached hydrogen (secondary N) is 1. The third-order valence-corrected chi connectivity index (χ3v) is 5.72. The Morgan fingerprint density at radius 2 is 1.92 bits per heavy atom. The number of benzene rings is 1. The number of rotatable bonds is 5. The third-order valence-electron chi connectivity index (χ3n) is 4.90. The zero-order valence-corrected chi connectivity index (χ0v) is 14.9. The van der Waals surface area contributed by atoms with Gasteiger partial charge in [-0.15, -0.1) is 11.3 Å². The normalized spacial score (nSPS) is 15.6. The second kappa shape index (κ2) is 7.37. The lowest BCUT2D eigenvalue weighted by Crippen LogP contribution is -2.34. The van der Waals surface area contributed by atoms with Crippen molar-refractivity contribution in [2.45, 2.75) is 19.4 Å². The number of fused-ring (bicyclic) bond motifs is 1. The number of nitrogens with zero attached hydrogens (tertiary/aromatic N) is 3. The highest BCUT2D eigenvalue weighted by molar-refractivity contribution is 7.16. The first-order valence-corrected chi connectivity index (χ1v) is 9.58. The summed E-state index contributed by atoms with van der Waals surface area (Å²) in [6.45, 7) is 3.12. The van der Waals surface area contributed by atoms with Crippen molar-refractivity contribution in [2.75, 3.05) is 29.9 Å². The Bertz CT molecular complexity index is 825. The van der Waals surface area contributed by atoms with Gasteiger partial charge in [-0.2, -0.15) is 0 Å². The Labute approximate surface area is 151 Å². The maximum atomic E-state index is 9.26. The van der Waals surface area contributed by atoms with E-state index < -0.39 is 0 Å². The minimum atomic E-state index is 0.318. The minimum Gasteiger partial charge on any atom is -0.396 e. The first-order valence-electron chi connectivity index (χ1n) is 8.70. The zero-order valence-electron chi connectivity index (χ0n) is 14.1. The average Bonchev–Trinajstić information content (AvgIpc) is 3.16. The number of hydrogen-bond acceptors (Lipinski definition) is 6. The van der Waals surface area contributed by atoms with Crippen molar-refractivity contribution in [1.29, 1.82) is 0 Å². The van der Waals surface area contributed by atoms with Gasteiger partial charge in [-0.05, 0) is 47.9 Å². The van der Waals surface area contributed by atoms with Gasteiger partial charge in [0.2, 0.25) is 0 Å². The summed E-state index contributed by atoms with van der Waals surface area (Å²) in [5, 5.41) is 15.8. The number of hydrogen-bond donors (Lipinski definition) is 2.